The Kier molecular flexibility index (Phi) is 6.63. The number of carbonyl (C=O) groups is 3. The van der Waals surface area contributed by atoms with Crippen molar-refractivity contribution in [3.05, 3.63) is 54.1 Å². The van der Waals surface area contributed by atoms with E-state index < -0.39 is 24.0 Å². The minimum absolute atomic E-state index is 0.109. The van der Waals surface area contributed by atoms with Gasteiger partial charge in [-0.1, -0.05) is 6.07 Å². The third kappa shape index (κ3) is 5.24. The van der Waals surface area contributed by atoms with Gasteiger partial charge in [-0.2, -0.15) is 0 Å². The van der Waals surface area contributed by atoms with Crippen LogP contribution in [0, 0.1) is 5.41 Å². The molecule has 2 aromatic carbocycles. The number of hydrogen-bond acceptors (Lipinski definition) is 6. The molecule has 1 aliphatic rings. The smallest absolute Gasteiger partial charge is 0.259 e. The molecule has 1 heterocycles. The number of nitrogens with two attached hydrogens (primary N) is 1. The second kappa shape index (κ2) is 9.37. The predicted octanol–water partition coefficient (Wildman–Crippen LogP) is 0.660. The van der Waals surface area contributed by atoms with Crippen LogP contribution in [0.2, 0.25) is 0 Å². The number of amidine groups is 1. The van der Waals surface area contributed by atoms with Crippen molar-refractivity contribution in [2.24, 2.45) is 5.73 Å². The zero-order valence-corrected chi connectivity index (χ0v) is 16.8. The Labute approximate surface area is 178 Å². The van der Waals surface area contributed by atoms with Crippen molar-refractivity contribution in [2.75, 3.05) is 28.7 Å². The summed E-state index contributed by atoms with van der Waals surface area (Å²) in [5.41, 5.74) is 7.29. The molecule has 0 saturated carbocycles. The maximum absolute atomic E-state index is 12.9. The van der Waals surface area contributed by atoms with E-state index in [4.69, 9.17) is 15.9 Å². The van der Waals surface area contributed by atoms with Crippen molar-refractivity contribution in [1.82, 2.24) is 0 Å². The molecule has 0 aliphatic carbocycles. The zero-order valence-electron chi connectivity index (χ0n) is 16.8. The van der Waals surface area contributed by atoms with Crippen molar-refractivity contribution in [3.8, 4) is 0 Å². The molecule has 10 heteroatoms. The van der Waals surface area contributed by atoms with E-state index in [1.165, 1.54) is 24.0 Å². The van der Waals surface area contributed by atoms with Crippen LogP contribution in [0.3, 0.4) is 0 Å². The van der Waals surface area contributed by atoms with E-state index in [2.05, 4.69) is 10.6 Å². The molecule has 31 heavy (non-hydrogen) atoms. The summed E-state index contributed by atoms with van der Waals surface area (Å²) in [5, 5.41) is 23.0. The van der Waals surface area contributed by atoms with Crippen molar-refractivity contribution >= 4 is 40.6 Å². The average molecular weight is 425 g/mol. The number of rotatable bonds is 6. The van der Waals surface area contributed by atoms with Gasteiger partial charge < -0.3 is 31.1 Å². The van der Waals surface area contributed by atoms with Gasteiger partial charge in [0.1, 0.15) is 5.84 Å². The molecule has 2 aromatic rings. The summed E-state index contributed by atoms with van der Waals surface area (Å²) in [5.74, 6) is -1.72. The molecule has 6 N–H and O–H groups in total. The summed E-state index contributed by atoms with van der Waals surface area (Å²) in [6, 6.07) is 12.9. The number of anilines is 3. The molecule has 1 saturated heterocycles. The number of aliphatic hydroxyl groups is 1. The number of nitrogen functional groups attached to an aromatic ring is 1. The van der Waals surface area contributed by atoms with E-state index in [0.717, 1.165) is 0 Å². The van der Waals surface area contributed by atoms with Crippen molar-refractivity contribution < 1.29 is 24.2 Å². The standard InChI is InChI=1S/C21H23N5O5/c1-12(27)24-15-3-2-4-16(11-15)26-9-10-31-18(21(26)30)17(28)20(29)25-14-7-5-13(6-8-14)19(22)23/h2-8,11,17-18,28H,9-10H2,1H3,(H3,22,23)(H,24,27)(H,25,29)/t17-,18-/m1/s1. The molecular weight excluding hydrogens is 402 g/mol. The predicted molar refractivity (Wildman–Crippen MR) is 115 cm³/mol. The summed E-state index contributed by atoms with van der Waals surface area (Å²) < 4.78 is 5.39. The molecule has 3 rings (SSSR count). The van der Waals surface area contributed by atoms with Gasteiger partial charge in [0.2, 0.25) is 5.91 Å². The Morgan fingerprint density at radius 3 is 2.55 bits per heavy atom. The van der Waals surface area contributed by atoms with Crippen LogP contribution in [0.25, 0.3) is 0 Å². The fourth-order valence-corrected chi connectivity index (χ4v) is 3.13. The van der Waals surface area contributed by atoms with Gasteiger partial charge in [-0.15, -0.1) is 0 Å². The molecule has 1 fully saturated rings. The van der Waals surface area contributed by atoms with Crippen LogP contribution in [0.5, 0.6) is 0 Å². The van der Waals surface area contributed by atoms with Crippen LogP contribution >= 0.6 is 0 Å². The molecule has 0 radical (unpaired) electrons. The van der Waals surface area contributed by atoms with Gasteiger partial charge in [-0.3, -0.25) is 19.8 Å². The van der Waals surface area contributed by atoms with Crippen LogP contribution in [0.15, 0.2) is 48.5 Å². The van der Waals surface area contributed by atoms with E-state index in [0.29, 0.717) is 22.6 Å². The highest BCUT2D eigenvalue weighted by Gasteiger charge is 2.39. The third-order valence-electron chi connectivity index (χ3n) is 4.62. The number of hydrogen-bond donors (Lipinski definition) is 5. The summed E-state index contributed by atoms with van der Waals surface area (Å²) >= 11 is 0. The normalized spacial score (nSPS) is 17.0. The number of amides is 3. The summed E-state index contributed by atoms with van der Waals surface area (Å²) in [4.78, 5) is 38.1. The lowest BCUT2D eigenvalue weighted by molar-refractivity contribution is -0.150. The van der Waals surface area contributed by atoms with Gasteiger partial charge in [0, 0.05) is 36.1 Å². The molecule has 1 aliphatic heterocycles. The first-order chi connectivity index (χ1) is 14.8. The van der Waals surface area contributed by atoms with Gasteiger partial charge in [0.05, 0.1) is 6.61 Å². The maximum Gasteiger partial charge on any atom is 0.259 e. The second-order valence-corrected chi connectivity index (χ2v) is 6.94. The second-order valence-electron chi connectivity index (χ2n) is 6.94. The van der Waals surface area contributed by atoms with Crippen LogP contribution in [-0.4, -0.2) is 54.0 Å². The van der Waals surface area contributed by atoms with Gasteiger partial charge in [-0.25, -0.2) is 0 Å². The lowest BCUT2D eigenvalue weighted by atomic mass is 10.1. The monoisotopic (exact) mass is 425 g/mol. The number of benzene rings is 2. The Bertz CT molecular complexity index is 1010. The molecule has 162 valence electrons. The number of morpholine rings is 1. The summed E-state index contributed by atoms with van der Waals surface area (Å²) in [6.07, 6.45) is -3.11. The Morgan fingerprint density at radius 1 is 1.19 bits per heavy atom. The number of nitrogens with one attached hydrogen (secondary N) is 3. The van der Waals surface area contributed by atoms with Crippen LogP contribution in [0.1, 0.15) is 12.5 Å². The molecule has 0 aromatic heterocycles. The summed E-state index contributed by atoms with van der Waals surface area (Å²) in [6.45, 7) is 1.74. The molecule has 10 nitrogen and oxygen atoms in total. The highest BCUT2D eigenvalue weighted by Crippen LogP contribution is 2.24. The Balaban J connectivity index is 1.70. The quantitative estimate of drug-likeness (QED) is 0.338. The van der Waals surface area contributed by atoms with Gasteiger partial charge in [0.25, 0.3) is 11.8 Å². The third-order valence-corrected chi connectivity index (χ3v) is 4.62. The molecular formula is C21H23N5O5. The number of nitrogens with zero attached hydrogens (tertiary/aromatic N) is 1. The van der Waals surface area contributed by atoms with E-state index >= 15 is 0 Å². The van der Waals surface area contributed by atoms with Crippen LogP contribution in [-0.2, 0) is 19.1 Å². The molecule has 0 spiro atoms. The molecule has 0 bridgehead atoms. The van der Waals surface area contributed by atoms with Gasteiger partial charge in [0.15, 0.2) is 12.2 Å². The van der Waals surface area contributed by atoms with Crippen molar-refractivity contribution in [1.29, 1.82) is 5.41 Å². The average Bonchev–Trinajstić information content (AvgIpc) is 2.73. The first-order valence-electron chi connectivity index (χ1n) is 9.50. The van der Waals surface area contributed by atoms with Crippen LogP contribution in [0.4, 0.5) is 17.1 Å². The SMILES string of the molecule is CC(=O)Nc1cccc(N2CCO[C@H]([C@@H](O)C(=O)Nc3ccc(C(=N)N)cc3)C2=O)c1. The molecule has 0 unspecified atom stereocenters. The number of ether oxygens (including phenoxy) is 1. The van der Waals surface area contributed by atoms with Gasteiger partial charge >= 0.3 is 0 Å². The minimum atomic E-state index is -1.73. The van der Waals surface area contributed by atoms with Gasteiger partial charge in [-0.05, 0) is 42.5 Å². The highest BCUT2D eigenvalue weighted by molar-refractivity contribution is 6.04. The first-order valence-corrected chi connectivity index (χ1v) is 9.50. The summed E-state index contributed by atoms with van der Waals surface area (Å²) in [7, 11) is 0. The fraction of sp³-hybridized carbons (Fsp3) is 0.238. The zero-order chi connectivity index (χ0) is 22.5. The lowest BCUT2D eigenvalue weighted by Gasteiger charge is -2.34. The minimum Gasteiger partial charge on any atom is -0.384 e. The highest BCUT2D eigenvalue weighted by atomic mass is 16.5. The Hall–Kier alpha value is -3.76. The lowest BCUT2D eigenvalue weighted by Crippen LogP contribution is -2.55. The van der Waals surface area contributed by atoms with Crippen molar-refractivity contribution in [3.63, 3.8) is 0 Å². The number of carbonyl (C=O) groups excluding carboxylic acids is 3. The van der Waals surface area contributed by atoms with E-state index in [-0.39, 0.29) is 24.9 Å². The molecule has 3 amide bonds. The maximum atomic E-state index is 12.9. The fourth-order valence-electron chi connectivity index (χ4n) is 3.13. The van der Waals surface area contributed by atoms with E-state index in [1.807, 2.05) is 0 Å². The molecule has 2 atom stereocenters. The van der Waals surface area contributed by atoms with E-state index in [1.54, 1.807) is 36.4 Å². The number of aliphatic hydroxyl groups excluding tert-OH is 1. The first kappa shape index (κ1) is 21.9. The largest absolute Gasteiger partial charge is 0.384 e. The van der Waals surface area contributed by atoms with Crippen molar-refractivity contribution in [2.45, 2.75) is 19.1 Å². The Morgan fingerprint density at radius 2 is 1.90 bits per heavy atom. The topological polar surface area (TPSA) is 158 Å². The van der Waals surface area contributed by atoms with E-state index in [9.17, 15) is 19.5 Å². The van der Waals surface area contributed by atoms with Crippen LogP contribution < -0.4 is 21.3 Å².